The monoisotopic (exact) mass is 527 g/mol. The Balaban J connectivity index is 1.62. The molecular formula is C29H41N3O4S. The summed E-state index contributed by atoms with van der Waals surface area (Å²) in [6.45, 7) is 10.3. The maximum Gasteiger partial charge on any atom is 0.259 e. The molecule has 0 spiro atoms. The van der Waals surface area contributed by atoms with Gasteiger partial charge in [-0.15, -0.1) is 11.3 Å². The SMILES string of the molecule is COc1ccc(NC(=O)c2c(NC(=O)CN3CCCC[C@@H]3C)sc3c2CC[C@@H](C(C)(C)C)C3)c(OC)c1. The number of nitrogens with zero attached hydrogens (tertiary/aromatic N) is 1. The second-order valence-corrected chi connectivity index (χ2v) is 12.5. The number of ether oxygens (including phenoxy) is 2. The van der Waals surface area contributed by atoms with Crippen molar-refractivity contribution in [3.8, 4) is 11.5 Å². The van der Waals surface area contributed by atoms with E-state index in [1.807, 2.05) is 0 Å². The number of nitrogens with one attached hydrogen (secondary N) is 2. The van der Waals surface area contributed by atoms with Crippen molar-refractivity contribution in [1.29, 1.82) is 0 Å². The number of amides is 2. The van der Waals surface area contributed by atoms with Crippen molar-refractivity contribution in [2.24, 2.45) is 11.3 Å². The Kier molecular flexibility index (Phi) is 8.49. The minimum absolute atomic E-state index is 0.0594. The molecule has 1 fully saturated rings. The molecule has 2 atom stereocenters. The van der Waals surface area contributed by atoms with Crippen LogP contribution in [0.1, 0.15) is 74.2 Å². The molecule has 37 heavy (non-hydrogen) atoms. The van der Waals surface area contributed by atoms with E-state index in [0.29, 0.717) is 46.3 Å². The highest BCUT2D eigenvalue weighted by Gasteiger charge is 2.34. The summed E-state index contributed by atoms with van der Waals surface area (Å²) in [5.41, 5.74) is 2.41. The first-order chi connectivity index (χ1) is 17.6. The zero-order valence-electron chi connectivity index (χ0n) is 23.0. The average Bonchev–Trinajstić information content (AvgIpc) is 3.22. The van der Waals surface area contributed by atoms with Gasteiger partial charge in [0.2, 0.25) is 5.91 Å². The van der Waals surface area contributed by atoms with Gasteiger partial charge in [0.05, 0.1) is 32.0 Å². The van der Waals surface area contributed by atoms with Crippen LogP contribution in [0.4, 0.5) is 10.7 Å². The van der Waals surface area contributed by atoms with Crippen LogP contribution in [0, 0.1) is 11.3 Å². The fourth-order valence-corrected chi connectivity index (χ4v) is 6.82. The van der Waals surface area contributed by atoms with Gasteiger partial charge in [-0.25, -0.2) is 0 Å². The third-order valence-electron chi connectivity index (χ3n) is 7.91. The summed E-state index contributed by atoms with van der Waals surface area (Å²) in [6.07, 6.45) is 6.23. The summed E-state index contributed by atoms with van der Waals surface area (Å²) < 4.78 is 10.8. The molecule has 7 nitrogen and oxygen atoms in total. The highest BCUT2D eigenvalue weighted by molar-refractivity contribution is 7.17. The van der Waals surface area contributed by atoms with E-state index in [-0.39, 0.29) is 17.2 Å². The molecule has 0 unspecified atom stereocenters. The van der Waals surface area contributed by atoms with E-state index >= 15 is 0 Å². The van der Waals surface area contributed by atoms with E-state index in [2.05, 4.69) is 43.2 Å². The molecule has 1 aliphatic carbocycles. The predicted molar refractivity (Wildman–Crippen MR) is 150 cm³/mol. The highest BCUT2D eigenvalue weighted by Crippen LogP contribution is 2.44. The number of hydrogen-bond donors (Lipinski definition) is 2. The Morgan fingerprint density at radius 3 is 2.57 bits per heavy atom. The van der Waals surface area contributed by atoms with Gasteiger partial charge in [-0.2, -0.15) is 0 Å². The molecule has 2 amide bonds. The maximum absolute atomic E-state index is 13.7. The quantitative estimate of drug-likeness (QED) is 0.463. The Labute approximate surface area is 224 Å². The van der Waals surface area contributed by atoms with Gasteiger partial charge in [0.25, 0.3) is 5.91 Å². The Morgan fingerprint density at radius 2 is 1.89 bits per heavy atom. The number of methoxy groups -OCH3 is 2. The van der Waals surface area contributed by atoms with Gasteiger partial charge in [-0.1, -0.05) is 27.2 Å². The van der Waals surface area contributed by atoms with Crippen LogP contribution in [-0.4, -0.2) is 50.1 Å². The number of benzene rings is 1. The van der Waals surface area contributed by atoms with E-state index in [1.165, 1.54) is 11.3 Å². The van der Waals surface area contributed by atoms with Gasteiger partial charge in [0.15, 0.2) is 0 Å². The van der Waals surface area contributed by atoms with E-state index in [4.69, 9.17) is 9.47 Å². The van der Waals surface area contributed by atoms with Crippen LogP contribution >= 0.6 is 11.3 Å². The molecule has 2 heterocycles. The molecule has 1 aliphatic heterocycles. The molecule has 2 aromatic rings. The molecule has 4 rings (SSSR count). The summed E-state index contributed by atoms with van der Waals surface area (Å²) in [5, 5.41) is 6.81. The number of rotatable bonds is 7. The number of piperidine rings is 1. The lowest BCUT2D eigenvalue weighted by Crippen LogP contribution is -2.42. The third kappa shape index (κ3) is 6.29. The van der Waals surface area contributed by atoms with Crippen LogP contribution in [0.5, 0.6) is 11.5 Å². The number of carbonyl (C=O) groups is 2. The molecule has 0 bridgehead atoms. The molecule has 8 heteroatoms. The van der Waals surface area contributed by atoms with Gasteiger partial charge in [0, 0.05) is 17.0 Å². The summed E-state index contributed by atoms with van der Waals surface area (Å²) in [7, 11) is 3.16. The highest BCUT2D eigenvalue weighted by atomic mass is 32.1. The van der Waals surface area contributed by atoms with Crippen molar-refractivity contribution >= 4 is 33.8 Å². The summed E-state index contributed by atoms with van der Waals surface area (Å²) in [4.78, 5) is 30.3. The Bertz CT molecular complexity index is 1140. The number of hydrogen-bond acceptors (Lipinski definition) is 6. The van der Waals surface area contributed by atoms with Crippen molar-refractivity contribution in [2.45, 2.75) is 72.3 Å². The van der Waals surface area contributed by atoms with Crippen molar-refractivity contribution in [2.75, 3.05) is 37.9 Å². The van der Waals surface area contributed by atoms with Gasteiger partial charge in [-0.05, 0) is 74.6 Å². The second kappa shape index (κ2) is 11.4. The lowest BCUT2D eigenvalue weighted by molar-refractivity contribution is -0.118. The van der Waals surface area contributed by atoms with Crippen molar-refractivity contribution < 1.29 is 19.1 Å². The first kappa shape index (κ1) is 27.5. The number of carbonyl (C=O) groups excluding carboxylic acids is 2. The van der Waals surface area contributed by atoms with Crippen LogP contribution in [-0.2, 0) is 17.6 Å². The smallest absolute Gasteiger partial charge is 0.259 e. The lowest BCUT2D eigenvalue weighted by atomic mass is 9.72. The molecule has 1 aromatic carbocycles. The number of thiophene rings is 1. The van der Waals surface area contributed by atoms with Gasteiger partial charge >= 0.3 is 0 Å². The van der Waals surface area contributed by atoms with E-state index < -0.39 is 0 Å². The molecule has 1 aromatic heterocycles. The van der Waals surface area contributed by atoms with Gasteiger partial charge in [0.1, 0.15) is 16.5 Å². The third-order valence-corrected chi connectivity index (χ3v) is 9.08. The second-order valence-electron chi connectivity index (χ2n) is 11.4. The molecule has 202 valence electrons. The summed E-state index contributed by atoms with van der Waals surface area (Å²) in [5.74, 6) is 1.42. The first-order valence-electron chi connectivity index (χ1n) is 13.3. The van der Waals surface area contributed by atoms with E-state index in [0.717, 1.165) is 44.2 Å². The average molecular weight is 528 g/mol. The van der Waals surface area contributed by atoms with Crippen molar-refractivity contribution in [1.82, 2.24) is 4.90 Å². The van der Waals surface area contributed by atoms with Crippen LogP contribution in [0.25, 0.3) is 0 Å². The summed E-state index contributed by atoms with van der Waals surface area (Å²) >= 11 is 1.57. The number of likely N-dealkylation sites (tertiary alicyclic amines) is 1. The normalized spacial score (nSPS) is 20.2. The van der Waals surface area contributed by atoms with Crippen LogP contribution in [0.15, 0.2) is 18.2 Å². The van der Waals surface area contributed by atoms with Gasteiger partial charge < -0.3 is 20.1 Å². The molecule has 2 aliphatic rings. The minimum Gasteiger partial charge on any atom is -0.497 e. The lowest BCUT2D eigenvalue weighted by Gasteiger charge is -2.33. The standard InChI is InChI=1S/C29H41N3O4S/c1-18-9-7-8-14-32(18)17-25(33)31-28-26(21-12-10-19(29(2,3)4)15-24(21)37-28)27(34)30-22-13-11-20(35-5)16-23(22)36-6/h11,13,16,18-19H,7-10,12,14-15,17H2,1-6H3,(H,30,34)(H,31,33)/t18-,19+/m0/s1. The summed E-state index contributed by atoms with van der Waals surface area (Å²) in [6, 6.07) is 5.71. The van der Waals surface area contributed by atoms with E-state index in [9.17, 15) is 9.59 Å². The Morgan fingerprint density at radius 1 is 1.11 bits per heavy atom. The van der Waals surface area contributed by atoms with Gasteiger partial charge in [-0.3, -0.25) is 14.5 Å². The van der Waals surface area contributed by atoms with Crippen molar-refractivity contribution in [3.63, 3.8) is 0 Å². The number of fused-ring (bicyclic) bond motifs is 1. The topological polar surface area (TPSA) is 79.9 Å². The first-order valence-corrected chi connectivity index (χ1v) is 14.1. The molecule has 1 saturated heterocycles. The fraction of sp³-hybridized carbons (Fsp3) is 0.586. The van der Waals surface area contributed by atoms with Crippen LogP contribution < -0.4 is 20.1 Å². The molecular weight excluding hydrogens is 486 g/mol. The zero-order chi connectivity index (χ0) is 26.7. The zero-order valence-corrected chi connectivity index (χ0v) is 23.8. The largest absolute Gasteiger partial charge is 0.497 e. The van der Waals surface area contributed by atoms with E-state index in [1.54, 1.807) is 43.8 Å². The minimum atomic E-state index is -0.225. The molecule has 0 radical (unpaired) electrons. The molecule has 0 saturated carbocycles. The predicted octanol–water partition coefficient (Wildman–Crippen LogP) is 5.98. The van der Waals surface area contributed by atoms with Crippen LogP contribution in [0.3, 0.4) is 0 Å². The maximum atomic E-state index is 13.7. The fourth-order valence-electron chi connectivity index (χ4n) is 5.48. The number of anilines is 2. The van der Waals surface area contributed by atoms with Crippen LogP contribution in [0.2, 0.25) is 0 Å². The molecule has 2 N–H and O–H groups in total. The Hall–Kier alpha value is -2.58. The van der Waals surface area contributed by atoms with Crippen molar-refractivity contribution in [3.05, 3.63) is 34.2 Å².